The van der Waals surface area contributed by atoms with Gasteiger partial charge in [-0.2, -0.15) is 18.3 Å². The molecule has 14 heavy (non-hydrogen) atoms. The molecule has 0 unspecified atom stereocenters. The molecule has 0 bridgehead atoms. The molecule has 0 radical (unpaired) electrons. The summed E-state index contributed by atoms with van der Waals surface area (Å²) in [5, 5.41) is 3.41. The van der Waals surface area contributed by atoms with Gasteiger partial charge in [-0.1, -0.05) is 23.2 Å². The topological polar surface area (TPSA) is 17.8 Å². The molecule has 0 spiro atoms. The van der Waals surface area contributed by atoms with Gasteiger partial charge >= 0.3 is 10.6 Å². The first-order chi connectivity index (χ1) is 6.16. The SMILES string of the molecule is Cc1cc(C)n(C(F)(F)C(F)(Cl)Cl)n1. The third kappa shape index (κ3) is 1.83. The average molecular weight is 247 g/mol. The molecule has 1 heterocycles. The Morgan fingerprint density at radius 2 is 1.79 bits per heavy atom. The van der Waals surface area contributed by atoms with Crippen LogP contribution in [0.5, 0.6) is 0 Å². The summed E-state index contributed by atoms with van der Waals surface area (Å²) in [5.74, 6) is 0. The van der Waals surface area contributed by atoms with E-state index in [-0.39, 0.29) is 10.4 Å². The Hall–Kier alpha value is -0.420. The minimum atomic E-state index is -4.09. The van der Waals surface area contributed by atoms with Gasteiger partial charge in [-0.25, -0.2) is 4.68 Å². The van der Waals surface area contributed by atoms with E-state index in [9.17, 15) is 13.2 Å². The maximum absolute atomic E-state index is 13.2. The third-order valence-corrected chi connectivity index (χ3v) is 2.07. The van der Waals surface area contributed by atoms with Crippen LogP contribution in [0.2, 0.25) is 0 Å². The van der Waals surface area contributed by atoms with Crippen molar-refractivity contribution in [2.45, 2.75) is 24.5 Å². The largest absolute Gasteiger partial charge is 0.405 e. The van der Waals surface area contributed by atoms with E-state index in [0.29, 0.717) is 5.69 Å². The van der Waals surface area contributed by atoms with Crippen LogP contribution in [-0.2, 0) is 6.05 Å². The fraction of sp³-hybridized carbons (Fsp3) is 0.571. The number of hydrogen-bond donors (Lipinski definition) is 0. The predicted octanol–water partition coefficient (Wildman–Crippen LogP) is 3.15. The molecule has 2 nitrogen and oxygen atoms in total. The highest BCUT2D eigenvalue weighted by molar-refractivity contribution is 6.47. The first-order valence-corrected chi connectivity index (χ1v) is 4.40. The molecular formula is C7H7Cl2F3N2. The zero-order chi connectivity index (χ0) is 11.1. The van der Waals surface area contributed by atoms with Gasteiger partial charge in [-0.15, -0.1) is 0 Å². The Kier molecular flexibility index (Phi) is 2.75. The summed E-state index contributed by atoms with van der Waals surface area (Å²) in [6.45, 7) is 2.86. The molecule has 1 aromatic heterocycles. The summed E-state index contributed by atoms with van der Waals surface area (Å²) in [4.78, 5) is 0. The quantitative estimate of drug-likeness (QED) is 0.734. The smallest absolute Gasteiger partial charge is 0.201 e. The first kappa shape index (κ1) is 11.7. The van der Waals surface area contributed by atoms with Gasteiger partial charge < -0.3 is 0 Å². The Bertz CT molecular complexity index is 343. The van der Waals surface area contributed by atoms with Crippen LogP contribution in [0, 0.1) is 13.8 Å². The van der Waals surface area contributed by atoms with Gasteiger partial charge in [0.1, 0.15) is 0 Å². The van der Waals surface area contributed by atoms with E-state index < -0.39 is 10.6 Å². The second-order valence-corrected chi connectivity index (χ2v) is 4.11. The molecule has 0 saturated carbocycles. The van der Waals surface area contributed by atoms with Gasteiger partial charge in [0, 0.05) is 5.69 Å². The Balaban J connectivity index is 3.22. The Labute approximate surface area is 88.6 Å². The lowest BCUT2D eigenvalue weighted by atomic mass is 10.4. The molecule has 0 atom stereocenters. The molecule has 80 valence electrons. The molecule has 0 fully saturated rings. The van der Waals surface area contributed by atoms with Crippen molar-refractivity contribution in [3.8, 4) is 0 Å². The van der Waals surface area contributed by atoms with Crippen molar-refractivity contribution in [1.29, 1.82) is 0 Å². The fourth-order valence-electron chi connectivity index (χ4n) is 1.03. The molecule has 0 saturated heterocycles. The number of aromatic nitrogens is 2. The Morgan fingerprint density at radius 1 is 1.29 bits per heavy atom. The summed E-state index contributed by atoms with van der Waals surface area (Å²) >= 11 is 9.46. The molecule has 1 rings (SSSR count). The molecule has 0 aliphatic heterocycles. The molecule has 0 aliphatic rings. The van der Waals surface area contributed by atoms with Crippen LogP contribution in [0.25, 0.3) is 0 Å². The lowest BCUT2D eigenvalue weighted by molar-refractivity contribution is -0.142. The van der Waals surface area contributed by atoms with Crippen molar-refractivity contribution in [3.05, 3.63) is 17.5 Å². The highest BCUT2D eigenvalue weighted by Gasteiger charge is 2.56. The van der Waals surface area contributed by atoms with Gasteiger partial charge in [0.15, 0.2) is 0 Å². The maximum Gasteiger partial charge on any atom is 0.405 e. The molecule has 0 amide bonds. The van der Waals surface area contributed by atoms with Gasteiger partial charge in [0.2, 0.25) is 0 Å². The van der Waals surface area contributed by atoms with Crippen molar-refractivity contribution in [2.24, 2.45) is 0 Å². The van der Waals surface area contributed by atoms with Crippen LogP contribution in [-0.4, -0.2) is 14.4 Å². The van der Waals surface area contributed by atoms with Crippen molar-refractivity contribution in [2.75, 3.05) is 0 Å². The number of rotatable bonds is 2. The minimum Gasteiger partial charge on any atom is -0.201 e. The summed E-state index contributed by atoms with van der Waals surface area (Å²) in [7, 11) is 0. The van der Waals surface area contributed by atoms with Crippen LogP contribution < -0.4 is 0 Å². The molecule has 1 aromatic rings. The number of aryl methyl sites for hydroxylation is 2. The molecule has 7 heteroatoms. The van der Waals surface area contributed by atoms with Gasteiger partial charge in [-0.05, 0) is 19.9 Å². The van der Waals surface area contributed by atoms with Crippen LogP contribution in [0.15, 0.2) is 6.07 Å². The second kappa shape index (κ2) is 3.31. The highest BCUT2D eigenvalue weighted by atomic mass is 35.5. The lowest BCUT2D eigenvalue weighted by Crippen LogP contribution is -2.39. The van der Waals surface area contributed by atoms with E-state index in [1.165, 1.54) is 19.9 Å². The van der Waals surface area contributed by atoms with Crippen molar-refractivity contribution >= 4 is 23.2 Å². The summed E-state index contributed by atoms with van der Waals surface area (Å²) < 4.78 is 35.6. The highest BCUT2D eigenvalue weighted by Crippen LogP contribution is 2.43. The van der Waals surface area contributed by atoms with Gasteiger partial charge in [-0.3, -0.25) is 0 Å². The number of alkyl halides is 5. The van der Waals surface area contributed by atoms with Gasteiger partial charge in [0.25, 0.3) is 0 Å². The van der Waals surface area contributed by atoms with E-state index in [1.807, 2.05) is 0 Å². The van der Waals surface area contributed by atoms with Crippen molar-refractivity contribution < 1.29 is 13.2 Å². The molecule has 0 aliphatic carbocycles. The van der Waals surface area contributed by atoms with E-state index in [2.05, 4.69) is 5.10 Å². The van der Waals surface area contributed by atoms with E-state index in [1.54, 1.807) is 0 Å². The average Bonchev–Trinajstić information content (AvgIpc) is 2.27. The van der Waals surface area contributed by atoms with E-state index >= 15 is 0 Å². The standard InChI is InChI=1S/C7H7Cl2F3N2/c1-4-3-5(2)14(13-4)7(11,12)6(8,9)10/h3H,1-2H3. The number of halogens is 5. The number of hydrogen-bond acceptors (Lipinski definition) is 1. The Morgan fingerprint density at radius 3 is 2.07 bits per heavy atom. The monoisotopic (exact) mass is 246 g/mol. The first-order valence-electron chi connectivity index (χ1n) is 3.64. The van der Waals surface area contributed by atoms with Gasteiger partial charge in [0.05, 0.1) is 5.69 Å². The molecular weight excluding hydrogens is 240 g/mol. The third-order valence-electron chi connectivity index (χ3n) is 1.62. The fourth-order valence-corrected chi connectivity index (χ4v) is 1.19. The van der Waals surface area contributed by atoms with Crippen molar-refractivity contribution in [1.82, 2.24) is 9.78 Å². The van der Waals surface area contributed by atoms with Crippen LogP contribution in [0.1, 0.15) is 11.4 Å². The normalized spacial score (nSPS) is 13.4. The predicted molar refractivity (Wildman–Crippen MR) is 47.4 cm³/mol. The zero-order valence-corrected chi connectivity index (χ0v) is 8.87. The zero-order valence-electron chi connectivity index (χ0n) is 7.36. The minimum absolute atomic E-state index is 0.0795. The van der Waals surface area contributed by atoms with Crippen molar-refractivity contribution in [3.63, 3.8) is 0 Å². The molecule has 0 N–H and O–H groups in total. The van der Waals surface area contributed by atoms with Crippen LogP contribution in [0.4, 0.5) is 13.2 Å². The second-order valence-electron chi connectivity index (χ2n) is 2.88. The maximum atomic E-state index is 13.2. The van der Waals surface area contributed by atoms with E-state index in [4.69, 9.17) is 23.2 Å². The number of nitrogens with zero attached hydrogens (tertiary/aromatic N) is 2. The lowest BCUT2D eigenvalue weighted by Gasteiger charge is -2.23. The van der Waals surface area contributed by atoms with Crippen LogP contribution in [0.3, 0.4) is 0 Å². The summed E-state index contributed by atoms with van der Waals surface area (Å²) in [6.07, 6.45) is 0. The summed E-state index contributed by atoms with van der Waals surface area (Å²) in [5.41, 5.74) is 0.413. The van der Waals surface area contributed by atoms with Crippen LogP contribution >= 0.6 is 23.2 Å². The summed E-state index contributed by atoms with van der Waals surface area (Å²) in [6, 6.07) is -2.72. The molecule has 0 aromatic carbocycles. The van der Waals surface area contributed by atoms with E-state index in [0.717, 1.165) is 0 Å².